The van der Waals surface area contributed by atoms with Gasteiger partial charge >= 0.3 is 0 Å². The van der Waals surface area contributed by atoms with Gasteiger partial charge in [0.15, 0.2) is 0 Å². The third kappa shape index (κ3) is 4.13. The highest BCUT2D eigenvalue weighted by molar-refractivity contribution is 5.81. The summed E-state index contributed by atoms with van der Waals surface area (Å²) in [4.78, 5) is 14.5. The van der Waals surface area contributed by atoms with E-state index < -0.39 is 0 Å². The summed E-state index contributed by atoms with van der Waals surface area (Å²) in [6, 6.07) is 4.03. The minimum Gasteiger partial charge on any atom is -0.465 e. The number of methoxy groups -OCH3 is 1. The number of furan rings is 1. The minimum absolute atomic E-state index is 0.00957. The van der Waals surface area contributed by atoms with E-state index in [0.717, 1.165) is 44.0 Å². The van der Waals surface area contributed by atoms with E-state index in [1.165, 1.54) is 0 Å². The second-order valence-electron chi connectivity index (χ2n) is 6.48. The van der Waals surface area contributed by atoms with Crippen molar-refractivity contribution in [2.24, 2.45) is 5.92 Å². The van der Waals surface area contributed by atoms with Gasteiger partial charge in [-0.25, -0.2) is 0 Å². The molecule has 0 radical (unpaired) electrons. The molecule has 1 amide bonds. The molecule has 3 rings (SSSR count). The van der Waals surface area contributed by atoms with Gasteiger partial charge in [-0.2, -0.15) is 0 Å². The van der Waals surface area contributed by atoms with Crippen LogP contribution in [0.2, 0.25) is 0 Å². The van der Waals surface area contributed by atoms with Crippen LogP contribution in [-0.4, -0.2) is 56.4 Å². The summed E-state index contributed by atoms with van der Waals surface area (Å²) in [6.07, 6.45) is 1.74. The zero-order valence-electron chi connectivity index (χ0n) is 13.9. The fraction of sp³-hybridized carbons (Fsp3) is 0.706. The van der Waals surface area contributed by atoms with E-state index in [2.05, 4.69) is 10.2 Å². The Bertz CT molecular complexity index is 530. The molecule has 0 aliphatic carbocycles. The molecule has 2 fully saturated rings. The van der Waals surface area contributed by atoms with Crippen LogP contribution < -0.4 is 5.32 Å². The molecule has 0 bridgehead atoms. The summed E-state index contributed by atoms with van der Waals surface area (Å²) in [5, 5.41) is 2.87. The number of nitrogens with zero attached hydrogens (tertiary/aromatic N) is 1. The van der Waals surface area contributed by atoms with Crippen molar-refractivity contribution in [3.05, 3.63) is 23.7 Å². The molecular formula is C17H26N2O4. The zero-order chi connectivity index (χ0) is 16.2. The largest absolute Gasteiger partial charge is 0.465 e. The molecule has 1 aromatic rings. The molecule has 23 heavy (non-hydrogen) atoms. The van der Waals surface area contributed by atoms with Gasteiger partial charge in [0.25, 0.3) is 0 Å². The van der Waals surface area contributed by atoms with Crippen LogP contribution in [0.3, 0.4) is 0 Å². The van der Waals surface area contributed by atoms with Crippen LogP contribution in [0, 0.1) is 12.8 Å². The van der Waals surface area contributed by atoms with Crippen molar-refractivity contribution in [1.29, 1.82) is 0 Å². The average Bonchev–Trinajstić information content (AvgIpc) is 3.13. The summed E-state index contributed by atoms with van der Waals surface area (Å²) < 4.78 is 16.6. The standard InChI is InChI=1S/C17H26N2O4/c1-12-3-4-14(22-12)10-19-7-5-13-9-15(23-16(13)11-19)17(20)18-6-8-21-2/h3-4,13,15-16H,5-11H2,1-2H3,(H,18,20)/t13-,15+,16+/m0/s1. The van der Waals surface area contributed by atoms with E-state index >= 15 is 0 Å². The van der Waals surface area contributed by atoms with Crippen LogP contribution in [0.5, 0.6) is 0 Å². The van der Waals surface area contributed by atoms with Crippen molar-refractivity contribution >= 4 is 5.91 Å². The third-order valence-electron chi connectivity index (χ3n) is 4.71. The van der Waals surface area contributed by atoms with Gasteiger partial charge in [-0.15, -0.1) is 0 Å². The number of carbonyl (C=O) groups excluding carboxylic acids is 1. The Morgan fingerprint density at radius 3 is 3.09 bits per heavy atom. The van der Waals surface area contributed by atoms with E-state index in [4.69, 9.17) is 13.9 Å². The number of nitrogens with one attached hydrogen (secondary N) is 1. The number of rotatable bonds is 6. The van der Waals surface area contributed by atoms with Crippen LogP contribution in [0.4, 0.5) is 0 Å². The maximum Gasteiger partial charge on any atom is 0.249 e. The van der Waals surface area contributed by atoms with Crippen LogP contribution >= 0.6 is 0 Å². The lowest BCUT2D eigenvalue weighted by Crippen LogP contribution is -2.42. The first-order valence-corrected chi connectivity index (χ1v) is 8.35. The molecule has 1 N–H and O–H groups in total. The molecule has 0 unspecified atom stereocenters. The number of ether oxygens (including phenoxy) is 2. The van der Waals surface area contributed by atoms with Gasteiger partial charge in [0.2, 0.25) is 5.91 Å². The number of piperidine rings is 1. The SMILES string of the molecule is COCCNC(=O)[C@H]1C[C@@H]2CCN(Cc3ccc(C)o3)C[C@H]2O1. The third-order valence-corrected chi connectivity index (χ3v) is 4.71. The van der Waals surface area contributed by atoms with Crippen molar-refractivity contribution in [1.82, 2.24) is 10.2 Å². The quantitative estimate of drug-likeness (QED) is 0.801. The molecule has 3 atom stereocenters. The molecule has 0 aromatic carbocycles. The summed E-state index contributed by atoms with van der Waals surface area (Å²) in [6.45, 7) is 5.73. The predicted molar refractivity (Wildman–Crippen MR) is 85.0 cm³/mol. The molecular weight excluding hydrogens is 296 g/mol. The Labute approximate surface area is 137 Å². The van der Waals surface area contributed by atoms with Gasteiger partial charge in [0.1, 0.15) is 17.6 Å². The Balaban J connectivity index is 1.48. The average molecular weight is 322 g/mol. The topological polar surface area (TPSA) is 63.9 Å². The molecule has 0 spiro atoms. The highest BCUT2D eigenvalue weighted by Crippen LogP contribution is 2.33. The van der Waals surface area contributed by atoms with Gasteiger partial charge in [-0.1, -0.05) is 0 Å². The van der Waals surface area contributed by atoms with Crippen LogP contribution in [0.1, 0.15) is 24.4 Å². The Kier molecular flexibility index (Phi) is 5.35. The second-order valence-corrected chi connectivity index (χ2v) is 6.48. The maximum absolute atomic E-state index is 12.1. The van der Waals surface area contributed by atoms with Crippen LogP contribution in [-0.2, 0) is 20.8 Å². The molecule has 128 valence electrons. The molecule has 1 aromatic heterocycles. The maximum atomic E-state index is 12.1. The van der Waals surface area contributed by atoms with Gasteiger partial charge in [0, 0.05) is 20.2 Å². The lowest BCUT2D eigenvalue weighted by Gasteiger charge is -2.33. The van der Waals surface area contributed by atoms with Crippen molar-refractivity contribution in [3.63, 3.8) is 0 Å². The minimum atomic E-state index is -0.312. The van der Waals surface area contributed by atoms with Gasteiger partial charge < -0.3 is 19.2 Å². The van der Waals surface area contributed by atoms with Gasteiger partial charge in [-0.3, -0.25) is 9.69 Å². The zero-order valence-corrected chi connectivity index (χ0v) is 13.9. The number of hydrogen-bond donors (Lipinski definition) is 1. The summed E-state index contributed by atoms with van der Waals surface area (Å²) in [5.74, 6) is 2.42. The molecule has 6 heteroatoms. The van der Waals surface area contributed by atoms with E-state index in [-0.39, 0.29) is 18.1 Å². The highest BCUT2D eigenvalue weighted by Gasteiger charge is 2.41. The first-order valence-electron chi connectivity index (χ1n) is 8.35. The lowest BCUT2D eigenvalue weighted by atomic mass is 9.91. The van der Waals surface area contributed by atoms with E-state index in [1.807, 2.05) is 19.1 Å². The fourth-order valence-electron chi connectivity index (χ4n) is 3.49. The fourth-order valence-corrected chi connectivity index (χ4v) is 3.49. The second kappa shape index (κ2) is 7.47. The van der Waals surface area contributed by atoms with E-state index in [9.17, 15) is 4.79 Å². The highest BCUT2D eigenvalue weighted by atomic mass is 16.5. The number of likely N-dealkylation sites (tertiary alicyclic amines) is 1. The van der Waals surface area contributed by atoms with Crippen LogP contribution in [0.25, 0.3) is 0 Å². The smallest absolute Gasteiger partial charge is 0.249 e. The molecule has 3 heterocycles. The lowest BCUT2D eigenvalue weighted by molar-refractivity contribution is -0.133. The van der Waals surface area contributed by atoms with Crippen molar-refractivity contribution in [2.45, 2.75) is 38.5 Å². The summed E-state index contributed by atoms with van der Waals surface area (Å²) in [5.41, 5.74) is 0. The van der Waals surface area contributed by atoms with Crippen LogP contribution in [0.15, 0.2) is 16.5 Å². The summed E-state index contributed by atoms with van der Waals surface area (Å²) in [7, 11) is 1.63. The normalized spacial score (nSPS) is 27.8. The molecule has 2 aliphatic heterocycles. The van der Waals surface area contributed by atoms with Crippen molar-refractivity contribution in [2.75, 3.05) is 33.4 Å². The Morgan fingerprint density at radius 1 is 1.48 bits per heavy atom. The van der Waals surface area contributed by atoms with E-state index in [1.54, 1.807) is 7.11 Å². The number of amides is 1. The monoisotopic (exact) mass is 322 g/mol. The molecule has 6 nitrogen and oxygen atoms in total. The Morgan fingerprint density at radius 2 is 2.35 bits per heavy atom. The van der Waals surface area contributed by atoms with E-state index in [0.29, 0.717) is 19.1 Å². The number of hydrogen-bond acceptors (Lipinski definition) is 5. The predicted octanol–water partition coefficient (Wildman–Crippen LogP) is 1.33. The number of aryl methyl sites for hydroxylation is 1. The number of fused-ring (bicyclic) bond motifs is 1. The van der Waals surface area contributed by atoms with Crippen molar-refractivity contribution < 1.29 is 18.7 Å². The van der Waals surface area contributed by atoms with Crippen molar-refractivity contribution in [3.8, 4) is 0 Å². The first kappa shape index (κ1) is 16.5. The van der Waals surface area contributed by atoms with Gasteiger partial charge in [0.05, 0.1) is 19.3 Å². The molecule has 2 aliphatic rings. The number of carbonyl (C=O) groups is 1. The van der Waals surface area contributed by atoms with Gasteiger partial charge in [-0.05, 0) is 44.4 Å². The molecule has 0 saturated carbocycles. The Hall–Kier alpha value is -1.37. The first-order chi connectivity index (χ1) is 11.2. The summed E-state index contributed by atoms with van der Waals surface area (Å²) >= 11 is 0. The molecule has 2 saturated heterocycles.